The van der Waals surface area contributed by atoms with Crippen molar-refractivity contribution in [3.05, 3.63) is 71.0 Å². The van der Waals surface area contributed by atoms with Gasteiger partial charge >= 0.3 is 0 Å². The molecule has 0 radical (unpaired) electrons. The molecule has 0 spiro atoms. The fourth-order valence-corrected chi connectivity index (χ4v) is 2.43. The fraction of sp³-hybridized carbons (Fsp3) is 0.0588. The Morgan fingerprint density at radius 2 is 1.41 bits per heavy atom. The fourth-order valence-electron chi connectivity index (χ4n) is 2.05. The lowest BCUT2D eigenvalue weighted by Crippen LogP contribution is -1.99. The Morgan fingerprint density at radius 1 is 0.818 bits per heavy atom. The minimum Gasteiger partial charge on any atom is -0.340 e. The van der Waals surface area contributed by atoms with Crippen molar-refractivity contribution in [1.29, 1.82) is 0 Å². The molecule has 110 valence electrons. The third kappa shape index (κ3) is 3.43. The highest BCUT2D eigenvalue weighted by atomic mass is 79.9. The van der Waals surface area contributed by atoms with Crippen LogP contribution in [0.1, 0.15) is 5.56 Å². The molecule has 0 atom stereocenters. The van der Waals surface area contributed by atoms with Gasteiger partial charge < -0.3 is 10.6 Å². The Morgan fingerprint density at radius 3 is 2.09 bits per heavy atom. The third-order valence-electron chi connectivity index (χ3n) is 3.21. The molecule has 3 rings (SSSR count). The lowest BCUT2D eigenvalue weighted by molar-refractivity contribution is 1.16. The Balaban J connectivity index is 1.81. The molecule has 2 N–H and O–H groups in total. The van der Waals surface area contributed by atoms with E-state index in [1.807, 2.05) is 48.5 Å². The number of aromatic nitrogens is 2. The zero-order chi connectivity index (χ0) is 15.4. The molecule has 1 aromatic heterocycles. The summed E-state index contributed by atoms with van der Waals surface area (Å²) in [4.78, 5) is 8.52. The van der Waals surface area contributed by atoms with E-state index in [0.29, 0.717) is 0 Å². The summed E-state index contributed by atoms with van der Waals surface area (Å²) in [7, 11) is 0. The van der Waals surface area contributed by atoms with E-state index in [1.54, 1.807) is 6.33 Å². The second-order valence-electron chi connectivity index (χ2n) is 4.83. The molecule has 0 aliphatic heterocycles. The molecule has 0 fully saturated rings. The van der Waals surface area contributed by atoms with Crippen molar-refractivity contribution in [3.8, 4) is 0 Å². The molecular formula is C17H15BrN4. The van der Waals surface area contributed by atoms with Gasteiger partial charge in [-0.1, -0.05) is 30.3 Å². The first-order valence-corrected chi connectivity index (χ1v) is 7.68. The predicted molar refractivity (Wildman–Crippen MR) is 93.9 cm³/mol. The number of rotatable bonds is 4. The summed E-state index contributed by atoms with van der Waals surface area (Å²) >= 11 is 3.51. The van der Waals surface area contributed by atoms with Crippen molar-refractivity contribution < 1.29 is 0 Å². The second kappa shape index (κ2) is 6.58. The predicted octanol–water partition coefficient (Wildman–Crippen LogP) is 5.03. The highest BCUT2D eigenvalue weighted by Gasteiger charge is 2.03. The number of anilines is 4. The quantitative estimate of drug-likeness (QED) is 0.689. The smallest absolute Gasteiger partial charge is 0.135 e. The van der Waals surface area contributed by atoms with Gasteiger partial charge in [0.25, 0.3) is 0 Å². The highest BCUT2D eigenvalue weighted by Crippen LogP contribution is 2.25. The molecule has 22 heavy (non-hydrogen) atoms. The van der Waals surface area contributed by atoms with Crippen LogP contribution in [0.5, 0.6) is 0 Å². The van der Waals surface area contributed by atoms with Gasteiger partial charge in [0.1, 0.15) is 18.0 Å². The Kier molecular flexibility index (Phi) is 4.34. The van der Waals surface area contributed by atoms with Crippen LogP contribution in [0.15, 0.2) is 65.4 Å². The van der Waals surface area contributed by atoms with Crippen molar-refractivity contribution in [2.45, 2.75) is 6.92 Å². The number of para-hydroxylation sites is 2. The largest absolute Gasteiger partial charge is 0.340 e. The summed E-state index contributed by atoms with van der Waals surface area (Å²) in [6, 6.07) is 17.9. The molecular weight excluding hydrogens is 340 g/mol. The van der Waals surface area contributed by atoms with E-state index < -0.39 is 0 Å². The topological polar surface area (TPSA) is 49.8 Å². The van der Waals surface area contributed by atoms with Gasteiger partial charge in [0.2, 0.25) is 0 Å². The van der Waals surface area contributed by atoms with Crippen molar-refractivity contribution in [2.75, 3.05) is 10.6 Å². The zero-order valence-corrected chi connectivity index (χ0v) is 13.6. The molecule has 0 saturated heterocycles. The third-order valence-corrected chi connectivity index (χ3v) is 3.90. The maximum Gasteiger partial charge on any atom is 0.135 e. The van der Waals surface area contributed by atoms with Gasteiger partial charge in [-0.25, -0.2) is 9.97 Å². The molecule has 0 aliphatic carbocycles. The molecule has 0 aliphatic rings. The summed E-state index contributed by atoms with van der Waals surface area (Å²) in [6.45, 7) is 2.06. The Labute approximate surface area is 137 Å². The summed E-state index contributed by atoms with van der Waals surface area (Å²) in [6.07, 6.45) is 1.54. The van der Waals surface area contributed by atoms with Crippen molar-refractivity contribution >= 4 is 38.9 Å². The maximum absolute atomic E-state index is 4.27. The van der Waals surface area contributed by atoms with Crippen LogP contribution in [0.25, 0.3) is 0 Å². The number of aryl methyl sites for hydroxylation is 1. The van der Waals surface area contributed by atoms with Gasteiger partial charge in [0.15, 0.2) is 0 Å². The molecule has 2 aromatic carbocycles. The van der Waals surface area contributed by atoms with Crippen LogP contribution in [0.4, 0.5) is 23.0 Å². The van der Waals surface area contributed by atoms with Gasteiger partial charge in [-0.3, -0.25) is 0 Å². The first kappa shape index (κ1) is 14.5. The zero-order valence-electron chi connectivity index (χ0n) is 12.0. The number of halogens is 1. The van der Waals surface area contributed by atoms with E-state index in [-0.39, 0.29) is 0 Å². The lowest BCUT2D eigenvalue weighted by atomic mass is 10.2. The van der Waals surface area contributed by atoms with Crippen LogP contribution in [0, 0.1) is 6.92 Å². The SMILES string of the molecule is Cc1ccccc1Nc1cc(Nc2ccccc2Br)ncn1. The maximum atomic E-state index is 4.27. The van der Waals surface area contributed by atoms with E-state index in [9.17, 15) is 0 Å². The van der Waals surface area contributed by atoms with Gasteiger partial charge in [-0.05, 0) is 46.6 Å². The average molecular weight is 355 g/mol. The molecule has 0 amide bonds. The van der Waals surface area contributed by atoms with E-state index >= 15 is 0 Å². The van der Waals surface area contributed by atoms with Crippen LogP contribution in [-0.4, -0.2) is 9.97 Å². The second-order valence-corrected chi connectivity index (χ2v) is 5.69. The van der Waals surface area contributed by atoms with Crippen molar-refractivity contribution in [1.82, 2.24) is 9.97 Å². The van der Waals surface area contributed by atoms with Gasteiger partial charge in [-0.15, -0.1) is 0 Å². The van der Waals surface area contributed by atoms with Crippen LogP contribution >= 0.6 is 15.9 Å². The molecule has 0 saturated carbocycles. The molecule has 0 unspecified atom stereocenters. The minimum atomic E-state index is 0.734. The van der Waals surface area contributed by atoms with Crippen LogP contribution in [0.3, 0.4) is 0 Å². The summed E-state index contributed by atoms with van der Waals surface area (Å²) in [5.74, 6) is 1.48. The number of hydrogen-bond donors (Lipinski definition) is 2. The molecule has 1 heterocycles. The van der Waals surface area contributed by atoms with Gasteiger partial charge in [-0.2, -0.15) is 0 Å². The molecule has 0 bridgehead atoms. The number of nitrogens with one attached hydrogen (secondary N) is 2. The standard InChI is InChI=1S/C17H15BrN4/c1-12-6-2-4-8-14(12)21-16-10-17(20-11-19-16)22-15-9-5-3-7-13(15)18/h2-11H,1H3,(H2,19,20,21,22). The normalized spacial score (nSPS) is 10.3. The number of benzene rings is 2. The minimum absolute atomic E-state index is 0.734. The van der Waals surface area contributed by atoms with Crippen molar-refractivity contribution in [3.63, 3.8) is 0 Å². The van der Waals surface area contributed by atoms with Gasteiger partial charge in [0.05, 0.1) is 5.69 Å². The van der Waals surface area contributed by atoms with E-state index in [4.69, 9.17) is 0 Å². The monoisotopic (exact) mass is 354 g/mol. The van der Waals surface area contributed by atoms with Crippen LogP contribution in [0.2, 0.25) is 0 Å². The van der Waals surface area contributed by atoms with E-state index in [0.717, 1.165) is 27.5 Å². The molecule has 5 heteroatoms. The number of hydrogen-bond acceptors (Lipinski definition) is 4. The van der Waals surface area contributed by atoms with E-state index in [1.165, 1.54) is 5.56 Å². The van der Waals surface area contributed by atoms with Crippen LogP contribution < -0.4 is 10.6 Å². The van der Waals surface area contributed by atoms with Gasteiger partial charge in [0, 0.05) is 16.2 Å². The summed E-state index contributed by atoms with van der Waals surface area (Å²) < 4.78 is 0.988. The first-order valence-electron chi connectivity index (χ1n) is 6.88. The van der Waals surface area contributed by atoms with Crippen molar-refractivity contribution in [2.24, 2.45) is 0 Å². The van der Waals surface area contributed by atoms with E-state index in [2.05, 4.69) is 49.5 Å². The number of nitrogens with zero attached hydrogens (tertiary/aromatic N) is 2. The lowest BCUT2D eigenvalue weighted by Gasteiger charge is -2.11. The summed E-state index contributed by atoms with van der Waals surface area (Å²) in [5.41, 5.74) is 3.16. The van der Waals surface area contributed by atoms with Crippen LogP contribution in [-0.2, 0) is 0 Å². The first-order chi connectivity index (χ1) is 10.7. The molecule has 3 aromatic rings. The Hall–Kier alpha value is -2.40. The highest BCUT2D eigenvalue weighted by molar-refractivity contribution is 9.10. The average Bonchev–Trinajstić information content (AvgIpc) is 2.52. The Bertz CT molecular complexity index is 726. The summed E-state index contributed by atoms with van der Waals surface area (Å²) in [5, 5.41) is 6.59. The molecule has 4 nitrogen and oxygen atoms in total.